The zero-order chi connectivity index (χ0) is 13.8. The van der Waals surface area contributed by atoms with Crippen molar-refractivity contribution in [3.8, 4) is 0 Å². The van der Waals surface area contributed by atoms with E-state index in [9.17, 15) is 0 Å². The number of ether oxygens (including phenoxy) is 1. The van der Waals surface area contributed by atoms with Gasteiger partial charge in [-0.25, -0.2) is 4.98 Å². The largest absolute Gasteiger partial charge is 0.375 e. The smallest absolute Gasteiger partial charge is 0.144 e. The maximum atomic E-state index is 5.91. The second-order valence-electron chi connectivity index (χ2n) is 5.65. The first-order valence-electron chi connectivity index (χ1n) is 7.77. The van der Waals surface area contributed by atoms with Gasteiger partial charge in [-0.2, -0.15) is 0 Å². The van der Waals surface area contributed by atoms with Gasteiger partial charge in [-0.3, -0.25) is 9.88 Å². The Bertz CT molecular complexity index is 420. The summed E-state index contributed by atoms with van der Waals surface area (Å²) >= 11 is 0. The second-order valence-corrected chi connectivity index (χ2v) is 5.65. The number of aromatic nitrogens is 2. The summed E-state index contributed by atoms with van der Waals surface area (Å²) in [6.45, 7) is 5.69. The summed E-state index contributed by atoms with van der Waals surface area (Å²) in [5.74, 6) is 0.855. The van der Waals surface area contributed by atoms with Crippen LogP contribution in [-0.4, -0.2) is 46.7 Å². The maximum Gasteiger partial charge on any atom is 0.144 e. The monoisotopic (exact) mass is 276 g/mol. The molecule has 110 valence electrons. The lowest BCUT2D eigenvalue weighted by molar-refractivity contribution is -0.0914. The lowest BCUT2D eigenvalue weighted by Crippen LogP contribution is -2.52. The zero-order valence-corrected chi connectivity index (χ0v) is 12.2. The molecule has 0 spiro atoms. The number of hydrogen-bond donors (Lipinski definition) is 1. The van der Waals surface area contributed by atoms with Crippen molar-refractivity contribution in [2.75, 3.05) is 25.0 Å². The van der Waals surface area contributed by atoms with Crippen LogP contribution in [0.2, 0.25) is 0 Å². The lowest BCUT2D eigenvalue weighted by Gasteiger charge is -2.43. The highest BCUT2D eigenvalue weighted by Gasteiger charge is 2.34. The Hall–Kier alpha value is -1.20. The van der Waals surface area contributed by atoms with E-state index in [1.54, 1.807) is 0 Å². The molecule has 0 amide bonds. The maximum absolute atomic E-state index is 5.91. The molecule has 3 rings (SSSR count). The minimum absolute atomic E-state index is 0.437. The van der Waals surface area contributed by atoms with Gasteiger partial charge in [-0.1, -0.05) is 12.8 Å². The quantitative estimate of drug-likeness (QED) is 0.912. The molecule has 0 aromatic carbocycles. The first kappa shape index (κ1) is 13.8. The summed E-state index contributed by atoms with van der Waals surface area (Å²) in [6.07, 6.45) is 9.27. The standard InChI is InChI=1S/C15H24N4O/c1-2-16-15-10-17-12(9-18-15)11-19-7-8-20-14-6-4-3-5-13(14)19/h9-10,13-14H,2-8,11H2,1H3,(H,16,18). The molecule has 0 bridgehead atoms. The number of fused-ring (bicyclic) bond motifs is 1. The molecule has 2 fully saturated rings. The van der Waals surface area contributed by atoms with Gasteiger partial charge in [0.25, 0.3) is 0 Å². The summed E-state index contributed by atoms with van der Waals surface area (Å²) < 4.78 is 5.91. The molecule has 0 radical (unpaired) electrons. The molecular formula is C15H24N4O. The Kier molecular flexibility index (Phi) is 4.47. The van der Waals surface area contributed by atoms with Crippen LogP contribution in [0.15, 0.2) is 12.4 Å². The van der Waals surface area contributed by atoms with Crippen LogP contribution in [-0.2, 0) is 11.3 Å². The summed E-state index contributed by atoms with van der Waals surface area (Å²) in [5.41, 5.74) is 1.05. The minimum Gasteiger partial charge on any atom is -0.375 e. The summed E-state index contributed by atoms with van der Waals surface area (Å²) in [7, 11) is 0. The predicted molar refractivity (Wildman–Crippen MR) is 78.6 cm³/mol. The molecule has 1 aromatic rings. The van der Waals surface area contributed by atoms with Crippen molar-refractivity contribution in [3.05, 3.63) is 18.1 Å². The van der Waals surface area contributed by atoms with Gasteiger partial charge < -0.3 is 10.1 Å². The number of hydrogen-bond acceptors (Lipinski definition) is 5. The summed E-state index contributed by atoms with van der Waals surface area (Å²) in [6, 6.07) is 0.577. The molecule has 1 aliphatic carbocycles. The van der Waals surface area contributed by atoms with E-state index in [2.05, 4.69) is 27.1 Å². The molecule has 2 atom stereocenters. The average molecular weight is 276 g/mol. The van der Waals surface area contributed by atoms with E-state index < -0.39 is 0 Å². The number of rotatable bonds is 4. The molecule has 2 heterocycles. The third-order valence-corrected chi connectivity index (χ3v) is 4.28. The highest BCUT2D eigenvalue weighted by Crippen LogP contribution is 2.29. The van der Waals surface area contributed by atoms with Gasteiger partial charge in [-0.05, 0) is 19.8 Å². The van der Waals surface area contributed by atoms with Gasteiger partial charge in [0, 0.05) is 25.7 Å². The van der Waals surface area contributed by atoms with Crippen molar-refractivity contribution in [2.24, 2.45) is 0 Å². The number of anilines is 1. The van der Waals surface area contributed by atoms with Crippen LogP contribution in [0, 0.1) is 0 Å². The summed E-state index contributed by atoms with van der Waals surface area (Å²) in [5, 5.41) is 3.18. The van der Waals surface area contributed by atoms with Crippen molar-refractivity contribution in [1.29, 1.82) is 0 Å². The first-order valence-corrected chi connectivity index (χ1v) is 7.77. The number of morpholine rings is 1. The first-order chi connectivity index (χ1) is 9.86. The van der Waals surface area contributed by atoms with E-state index in [0.29, 0.717) is 12.1 Å². The fraction of sp³-hybridized carbons (Fsp3) is 0.733. The molecule has 1 aliphatic heterocycles. The predicted octanol–water partition coefficient (Wildman–Crippen LogP) is 2.05. The SMILES string of the molecule is CCNc1cnc(CN2CCOC3CCCCC32)cn1. The van der Waals surface area contributed by atoms with Crippen molar-refractivity contribution in [2.45, 2.75) is 51.3 Å². The highest BCUT2D eigenvalue weighted by atomic mass is 16.5. The molecule has 1 saturated carbocycles. The molecule has 5 heteroatoms. The fourth-order valence-electron chi connectivity index (χ4n) is 3.29. The van der Waals surface area contributed by atoms with E-state index in [-0.39, 0.29) is 0 Å². The van der Waals surface area contributed by atoms with Gasteiger partial charge in [0.2, 0.25) is 0 Å². The Morgan fingerprint density at radius 3 is 3.00 bits per heavy atom. The van der Waals surface area contributed by atoms with E-state index in [0.717, 1.165) is 37.8 Å². The van der Waals surface area contributed by atoms with Crippen LogP contribution < -0.4 is 5.32 Å². The number of nitrogens with one attached hydrogen (secondary N) is 1. The van der Waals surface area contributed by atoms with Crippen LogP contribution in [0.4, 0.5) is 5.82 Å². The van der Waals surface area contributed by atoms with Crippen LogP contribution in [0.3, 0.4) is 0 Å². The zero-order valence-electron chi connectivity index (χ0n) is 12.2. The highest BCUT2D eigenvalue weighted by molar-refractivity contribution is 5.30. The van der Waals surface area contributed by atoms with Crippen LogP contribution in [0.25, 0.3) is 0 Å². The Balaban J connectivity index is 1.63. The van der Waals surface area contributed by atoms with Gasteiger partial charge in [-0.15, -0.1) is 0 Å². The van der Waals surface area contributed by atoms with Crippen LogP contribution in [0.5, 0.6) is 0 Å². The molecule has 1 saturated heterocycles. The van der Waals surface area contributed by atoms with Gasteiger partial charge >= 0.3 is 0 Å². The van der Waals surface area contributed by atoms with Gasteiger partial charge in [0.15, 0.2) is 0 Å². The molecule has 2 aliphatic rings. The molecule has 2 unspecified atom stereocenters. The lowest BCUT2D eigenvalue weighted by atomic mass is 9.90. The molecule has 5 nitrogen and oxygen atoms in total. The van der Waals surface area contributed by atoms with E-state index >= 15 is 0 Å². The van der Waals surface area contributed by atoms with Gasteiger partial charge in [0.1, 0.15) is 5.82 Å². The van der Waals surface area contributed by atoms with Crippen molar-refractivity contribution >= 4 is 5.82 Å². The molecule has 20 heavy (non-hydrogen) atoms. The average Bonchev–Trinajstić information content (AvgIpc) is 2.50. The van der Waals surface area contributed by atoms with Gasteiger partial charge in [0.05, 0.1) is 30.8 Å². The fourth-order valence-corrected chi connectivity index (χ4v) is 3.29. The second kappa shape index (κ2) is 6.50. The molecule has 1 N–H and O–H groups in total. The molecular weight excluding hydrogens is 252 g/mol. The van der Waals surface area contributed by atoms with Crippen molar-refractivity contribution in [1.82, 2.24) is 14.9 Å². The van der Waals surface area contributed by atoms with E-state index in [4.69, 9.17) is 4.74 Å². The van der Waals surface area contributed by atoms with Crippen molar-refractivity contribution < 1.29 is 4.74 Å². The third-order valence-electron chi connectivity index (χ3n) is 4.28. The van der Waals surface area contributed by atoms with E-state index in [1.165, 1.54) is 25.7 Å². The van der Waals surface area contributed by atoms with Crippen LogP contribution >= 0.6 is 0 Å². The molecule has 1 aromatic heterocycles. The normalized spacial score (nSPS) is 27.1. The topological polar surface area (TPSA) is 50.3 Å². The van der Waals surface area contributed by atoms with Crippen LogP contribution in [0.1, 0.15) is 38.3 Å². The number of nitrogens with zero attached hydrogens (tertiary/aromatic N) is 3. The third kappa shape index (κ3) is 3.10. The Labute approximate surface area is 120 Å². The minimum atomic E-state index is 0.437. The Morgan fingerprint density at radius 1 is 1.30 bits per heavy atom. The summed E-state index contributed by atoms with van der Waals surface area (Å²) in [4.78, 5) is 11.5. The van der Waals surface area contributed by atoms with Crippen molar-refractivity contribution in [3.63, 3.8) is 0 Å². The van der Waals surface area contributed by atoms with E-state index in [1.807, 2.05) is 12.4 Å². The Morgan fingerprint density at radius 2 is 2.20 bits per heavy atom.